The van der Waals surface area contributed by atoms with Crippen molar-refractivity contribution in [3.8, 4) is 0 Å². The largest absolute Gasteiger partial charge is 0.444 e. The van der Waals surface area contributed by atoms with Crippen LogP contribution in [0.15, 0.2) is 97.4 Å². The zero-order valence-electron chi connectivity index (χ0n) is 26.0. The van der Waals surface area contributed by atoms with Gasteiger partial charge in [-0.05, 0) is 68.2 Å². The standard InChI is InChI=1S/C21H27N3O4.C13H14N2O/c1-14(22-20(27)28-21(2,3)4)18(25)23-17-13-16(11-12-24(5)19(17)26)15-9-7-6-8-10-15;1-15-8-7-11(9-12(14)13(15)16)10-5-3-2-4-6-10/h6-14,17H,1-5H3,(H,22,27)(H,23,25);2-9,12H,14H2,1H3/t14-,17?;/m0./s1. The fourth-order valence-electron chi connectivity index (χ4n) is 4.19. The first-order valence-corrected chi connectivity index (χ1v) is 14.2. The lowest BCUT2D eigenvalue weighted by molar-refractivity contribution is -0.132. The summed E-state index contributed by atoms with van der Waals surface area (Å²) in [5.74, 6) is -0.856. The minimum absolute atomic E-state index is 0.0952. The molecule has 0 aliphatic carbocycles. The Kier molecular flexibility index (Phi) is 11.4. The van der Waals surface area contributed by atoms with E-state index in [9.17, 15) is 19.2 Å². The normalized spacial score (nSPS) is 19.0. The number of amides is 4. The monoisotopic (exact) mass is 599 g/mol. The average molecular weight is 600 g/mol. The molecule has 2 aliphatic rings. The van der Waals surface area contributed by atoms with E-state index in [-0.39, 0.29) is 11.8 Å². The Morgan fingerprint density at radius 1 is 0.818 bits per heavy atom. The molecule has 2 heterocycles. The first kappa shape index (κ1) is 33.5. The summed E-state index contributed by atoms with van der Waals surface area (Å²) in [4.78, 5) is 51.5. The molecular weight excluding hydrogens is 558 g/mol. The van der Waals surface area contributed by atoms with E-state index in [2.05, 4.69) is 10.6 Å². The van der Waals surface area contributed by atoms with Gasteiger partial charge in [-0.15, -0.1) is 0 Å². The van der Waals surface area contributed by atoms with Gasteiger partial charge < -0.3 is 30.9 Å². The molecule has 0 saturated heterocycles. The van der Waals surface area contributed by atoms with Gasteiger partial charge in [-0.2, -0.15) is 0 Å². The number of allylic oxidation sites excluding steroid dienone is 4. The van der Waals surface area contributed by atoms with E-state index in [1.165, 1.54) is 16.7 Å². The Morgan fingerprint density at radius 3 is 1.80 bits per heavy atom. The molecule has 0 spiro atoms. The molecule has 0 saturated carbocycles. The van der Waals surface area contributed by atoms with Crippen LogP contribution in [-0.2, 0) is 19.1 Å². The number of rotatable bonds is 5. The Balaban J connectivity index is 0.000000278. The van der Waals surface area contributed by atoms with Crippen LogP contribution < -0.4 is 16.4 Å². The second kappa shape index (κ2) is 15.0. The number of nitrogens with one attached hydrogen (secondary N) is 2. The molecule has 4 rings (SSSR count). The molecule has 2 aromatic carbocycles. The van der Waals surface area contributed by atoms with Crippen LogP contribution in [0.2, 0.25) is 0 Å². The van der Waals surface area contributed by atoms with Gasteiger partial charge in [-0.1, -0.05) is 66.7 Å². The van der Waals surface area contributed by atoms with Gasteiger partial charge in [0.25, 0.3) is 5.91 Å². The Labute approximate surface area is 258 Å². The summed E-state index contributed by atoms with van der Waals surface area (Å²) >= 11 is 0. The van der Waals surface area contributed by atoms with E-state index in [0.717, 1.165) is 22.3 Å². The van der Waals surface area contributed by atoms with Crippen LogP contribution in [0.25, 0.3) is 11.1 Å². The van der Waals surface area contributed by atoms with Gasteiger partial charge in [-0.3, -0.25) is 14.4 Å². The van der Waals surface area contributed by atoms with Crippen LogP contribution in [0.3, 0.4) is 0 Å². The predicted octanol–water partition coefficient (Wildman–Crippen LogP) is 3.84. The van der Waals surface area contributed by atoms with Gasteiger partial charge in [0, 0.05) is 26.5 Å². The van der Waals surface area contributed by atoms with Crippen molar-refractivity contribution >= 4 is 35.0 Å². The smallest absolute Gasteiger partial charge is 0.408 e. The third-order valence-corrected chi connectivity index (χ3v) is 6.55. The van der Waals surface area contributed by atoms with Crippen LogP contribution in [0.1, 0.15) is 38.8 Å². The molecule has 0 bridgehead atoms. The lowest BCUT2D eigenvalue weighted by atomic mass is 10.0. The quantitative estimate of drug-likeness (QED) is 0.478. The van der Waals surface area contributed by atoms with E-state index >= 15 is 0 Å². The fourth-order valence-corrected chi connectivity index (χ4v) is 4.19. The summed E-state index contributed by atoms with van der Waals surface area (Å²) in [6, 6.07) is 17.2. The molecule has 3 atom stereocenters. The van der Waals surface area contributed by atoms with Crippen molar-refractivity contribution in [3.63, 3.8) is 0 Å². The summed E-state index contributed by atoms with van der Waals surface area (Å²) < 4.78 is 5.15. The summed E-state index contributed by atoms with van der Waals surface area (Å²) in [6.07, 6.45) is 9.93. The van der Waals surface area contributed by atoms with Crippen molar-refractivity contribution in [2.24, 2.45) is 5.73 Å². The maximum Gasteiger partial charge on any atom is 0.408 e. The average Bonchev–Trinajstić information content (AvgIpc) is 3.20. The third-order valence-electron chi connectivity index (χ3n) is 6.55. The Bertz CT molecular complexity index is 1460. The van der Waals surface area contributed by atoms with Crippen molar-refractivity contribution in [3.05, 3.63) is 108 Å². The molecule has 0 aromatic heterocycles. The molecule has 232 valence electrons. The molecule has 10 heteroatoms. The fraction of sp³-hybridized carbons (Fsp3) is 0.294. The highest BCUT2D eigenvalue weighted by Crippen LogP contribution is 2.20. The van der Waals surface area contributed by atoms with Crippen LogP contribution in [-0.4, -0.2) is 71.4 Å². The first-order valence-electron chi connectivity index (χ1n) is 14.2. The molecule has 2 aromatic rings. The van der Waals surface area contributed by atoms with Crippen LogP contribution in [0.5, 0.6) is 0 Å². The van der Waals surface area contributed by atoms with E-state index in [1.54, 1.807) is 59.4 Å². The minimum Gasteiger partial charge on any atom is -0.444 e. The van der Waals surface area contributed by atoms with Gasteiger partial charge >= 0.3 is 6.09 Å². The van der Waals surface area contributed by atoms with Crippen molar-refractivity contribution in [1.29, 1.82) is 0 Å². The topological polar surface area (TPSA) is 134 Å². The van der Waals surface area contributed by atoms with Gasteiger partial charge in [0.1, 0.15) is 23.7 Å². The number of nitrogens with two attached hydrogens (primary N) is 1. The molecule has 0 fully saturated rings. The number of alkyl carbamates (subject to hydrolysis) is 1. The number of nitrogens with zero attached hydrogens (tertiary/aromatic N) is 2. The number of carbonyl (C=O) groups is 4. The zero-order chi connectivity index (χ0) is 32.4. The maximum absolute atomic E-state index is 12.6. The molecule has 2 unspecified atom stereocenters. The second-order valence-corrected chi connectivity index (χ2v) is 11.4. The molecule has 0 radical (unpaired) electrons. The number of hydrogen-bond acceptors (Lipinski definition) is 6. The van der Waals surface area contributed by atoms with E-state index in [4.69, 9.17) is 10.5 Å². The number of likely N-dealkylation sites (N-methyl/N-ethyl adjacent to an activating group) is 2. The molecular formula is C34H41N5O5. The molecule has 2 aliphatic heterocycles. The van der Waals surface area contributed by atoms with Gasteiger partial charge in [0.05, 0.1) is 0 Å². The number of benzene rings is 2. The summed E-state index contributed by atoms with van der Waals surface area (Å²) in [5.41, 5.74) is 8.91. The van der Waals surface area contributed by atoms with Crippen molar-refractivity contribution in [2.45, 2.75) is 51.4 Å². The summed E-state index contributed by atoms with van der Waals surface area (Å²) in [6.45, 7) is 6.74. The highest BCUT2D eigenvalue weighted by Gasteiger charge is 2.27. The van der Waals surface area contributed by atoms with Crippen molar-refractivity contribution < 1.29 is 23.9 Å². The minimum atomic E-state index is -0.863. The highest BCUT2D eigenvalue weighted by atomic mass is 16.6. The van der Waals surface area contributed by atoms with E-state index in [0.29, 0.717) is 0 Å². The van der Waals surface area contributed by atoms with Gasteiger partial charge in [-0.25, -0.2) is 4.79 Å². The molecule has 44 heavy (non-hydrogen) atoms. The van der Waals surface area contributed by atoms with Crippen LogP contribution in [0.4, 0.5) is 4.79 Å². The molecule has 4 N–H and O–H groups in total. The molecule has 4 amide bonds. The second-order valence-electron chi connectivity index (χ2n) is 11.4. The summed E-state index contributed by atoms with van der Waals surface area (Å²) in [5, 5.41) is 5.17. The lowest BCUT2D eigenvalue weighted by Gasteiger charge is -2.23. The predicted molar refractivity (Wildman–Crippen MR) is 171 cm³/mol. The molecule has 10 nitrogen and oxygen atoms in total. The number of ether oxygens (including phenoxy) is 1. The van der Waals surface area contributed by atoms with Crippen molar-refractivity contribution in [1.82, 2.24) is 20.4 Å². The van der Waals surface area contributed by atoms with Crippen molar-refractivity contribution in [2.75, 3.05) is 14.1 Å². The summed E-state index contributed by atoms with van der Waals surface area (Å²) in [7, 11) is 3.34. The van der Waals surface area contributed by atoms with Crippen LogP contribution >= 0.6 is 0 Å². The third kappa shape index (κ3) is 9.81. The maximum atomic E-state index is 12.6. The highest BCUT2D eigenvalue weighted by molar-refractivity contribution is 5.95. The van der Waals surface area contributed by atoms with E-state index < -0.39 is 35.7 Å². The first-order chi connectivity index (χ1) is 20.7. The number of hydrogen-bond donors (Lipinski definition) is 3. The zero-order valence-corrected chi connectivity index (χ0v) is 26.0. The SMILES string of the molecule is CN1C=CC(c2ccccc2)=CC(N)C1=O.C[C@H](NC(=O)OC(C)(C)C)C(=O)NC1C=C(c2ccccc2)C=CN(C)C1=O. The number of carbonyl (C=O) groups excluding carboxylic acids is 4. The van der Waals surface area contributed by atoms with Gasteiger partial charge in [0.15, 0.2) is 0 Å². The van der Waals surface area contributed by atoms with E-state index in [1.807, 2.05) is 72.8 Å². The lowest BCUT2D eigenvalue weighted by Crippen LogP contribution is -2.52. The Hall–Kier alpha value is -4.96. The van der Waals surface area contributed by atoms with Gasteiger partial charge in [0.2, 0.25) is 11.8 Å². The Morgan fingerprint density at radius 2 is 1.30 bits per heavy atom. The van der Waals surface area contributed by atoms with Crippen LogP contribution in [0, 0.1) is 0 Å².